The molecule has 2 atom stereocenters. The summed E-state index contributed by atoms with van der Waals surface area (Å²) in [6.07, 6.45) is 3.59. The van der Waals surface area contributed by atoms with Crippen LogP contribution < -0.4 is 16.1 Å². The van der Waals surface area contributed by atoms with E-state index in [1.54, 1.807) is 0 Å². The van der Waals surface area contributed by atoms with Gasteiger partial charge in [-0.05, 0) is 70.0 Å². The molecule has 0 spiro atoms. The van der Waals surface area contributed by atoms with Gasteiger partial charge in [-0.1, -0.05) is 18.2 Å². The average molecular weight is 414 g/mol. The Morgan fingerprint density at radius 2 is 1.93 bits per heavy atom. The van der Waals surface area contributed by atoms with Gasteiger partial charge in [-0.2, -0.15) is 0 Å². The summed E-state index contributed by atoms with van der Waals surface area (Å²) >= 11 is 0. The topological polar surface area (TPSA) is 85.9 Å². The zero-order valence-electron chi connectivity index (χ0n) is 18.2. The summed E-state index contributed by atoms with van der Waals surface area (Å²) < 4.78 is 17.7. The number of carbonyl (C=O) groups is 2. The first-order valence-corrected chi connectivity index (χ1v) is 10.9. The third-order valence-corrected chi connectivity index (χ3v) is 6.80. The molecule has 1 aromatic carbocycles. The van der Waals surface area contributed by atoms with Gasteiger partial charge in [0.2, 0.25) is 5.91 Å². The molecule has 4 rings (SSSR count). The van der Waals surface area contributed by atoms with Gasteiger partial charge in [0.05, 0.1) is 23.3 Å². The van der Waals surface area contributed by atoms with E-state index in [-0.39, 0.29) is 42.9 Å². The number of amides is 2. The fraction of sp³-hybridized carbons (Fsp3) is 0.636. The number of aryl methyl sites for hydroxylation is 1. The van der Waals surface area contributed by atoms with Crippen molar-refractivity contribution in [3.63, 3.8) is 0 Å². The van der Waals surface area contributed by atoms with Crippen LogP contribution in [0.5, 0.6) is 0 Å². The highest BCUT2D eigenvalue weighted by molar-refractivity contribution is 6.62. The second-order valence-electron chi connectivity index (χ2n) is 9.54. The standard InChI is InChI=1S/C22H31BN2O5/c1-21(2)22(3,4)30-23(29-21)15-8-10-17-14(12-15)6-5-7-18(17)25-20(27)28-13-16-9-11-19(26)24-16/h8,10,12,16,18H,5-7,9,11,13H2,1-4H3,(H,24,26)(H,25,27)/t16-,18+/m0/s1. The normalized spacial score (nSPS) is 26.8. The predicted octanol–water partition coefficient (Wildman–Crippen LogP) is 2.37. The Hall–Kier alpha value is -2.06. The quantitative estimate of drug-likeness (QED) is 0.739. The second-order valence-corrected chi connectivity index (χ2v) is 9.54. The highest BCUT2D eigenvalue weighted by Crippen LogP contribution is 2.37. The van der Waals surface area contributed by atoms with Crippen LogP contribution in [0.1, 0.15) is 70.5 Å². The molecule has 1 aromatic rings. The zero-order chi connectivity index (χ0) is 21.5. The van der Waals surface area contributed by atoms with Crippen LogP contribution >= 0.6 is 0 Å². The number of benzene rings is 1. The number of nitrogens with one attached hydrogen (secondary N) is 2. The van der Waals surface area contributed by atoms with Crippen molar-refractivity contribution in [3.05, 3.63) is 29.3 Å². The van der Waals surface area contributed by atoms with Gasteiger partial charge in [0.1, 0.15) is 6.61 Å². The van der Waals surface area contributed by atoms with Crippen molar-refractivity contribution >= 4 is 24.6 Å². The van der Waals surface area contributed by atoms with Gasteiger partial charge in [0.15, 0.2) is 0 Å². The van der Waals surface area contributed by atoms with Crippen molar-refractivity contribution in [3.8, 4) is 0 Å². The Bertz CT molecular complexity index is 825. The largest absolute Gasteiger partial charge is 0.494 e. The summed E-state index contributed by atoms with van der Waals surface area (Å²) in [6, 6.07) is 6.08. The zero-order valence-corrected chi connectivity index (χ0v) is 18.2. The fourth-order valence-electron chi connectivity index (χ4n) is 4.27. The highest BCUT2D eigenvalue weighted by atomic mass is 16.7. The number of hydrogen-bond acceptors (Lipinski definition) is 5. The van der Waals surface area contributed by atoms with E-state index in [9.17, 15) is 9.59 Å². The third kappa shape index (κ3) is 4.21. The minimum atomic E-state index is -0.441. The lowest BCUT2D eigenvalue weighted by atomic mass is 9.75. The molecule has 2 N–H and O–H groups in total. The van der Waals surface area contributed by atoms with Crippen LogP contribution in [0.25, 0.3) is 0 Å². The number of fused-ring (bicyclic) bond motifs is 1. The lowest BCUT2D eigenvalue weighted by Crippen LogP contribution is -2.41. The molecule has 1 aliphatic carbocycles. The number of alkyl carbamates (subject to hydrolysis) is 1. The Morgan fingerprint density at radius 3 is 2.60 bits per heavy atom. The van der Waals surface area contributed by atoms with E-state index in [1.165, 1.54) is 5.56 Å². The van der Waals surface area contributed by atoms with Gasteiger partial charge < -0.3 is 24.7 Å². The molecule has 0 unspecified atom stereocenters. The first-order chi connectivity index (χ1) is 14.1. The number of carbonyl (C=O) groups excluding carboxylic acids is 2. The number of hydrogen-bond donors (Lipinski definition) is 2. The number of ether oxygens (including phenoxy) is 1. The molecule has 3 aliphatic rings. The summed E-state index contributed by atoms with van der Waals surface area (Å²) in [4.78, 5) is 23.6. The van der Waals surface area contributed by atoms with Gasteiger partial charge in [-0.3, -0.25) is 4.79 Å². The van der Waals surface area contributed by atoms with Gasteiger partial charge in [-0.15, -0.1) is 0 Å². The van der Waals surface area contributed by atoms with Crippen molar-refractivity contribution in [1.29, 1.82) is 0 Å². The summed E-state index contributed by atoms with van der Waals surface area (Å²) in [6.45, 7) is 8.40. The van der Waals surface area contributed by atoms with Crippen molar-refractivity contribution in [2.24, 2.45) is 0 Å². The molecule has 2 aliphatic heterocycles. The lowest BCUT2D eigenvalue weighted by Gasteiger charge is -2.32. The SMILES string of the molecule is CC1(C)OB(c2ccc3c(c2)CCC[C@H]3NC(=O)OC[C@@H]2CCC(=O)N2)OC1(C)C. The van der Waals surface area contributed by atoms with E-state index in [4.69, 9.17) is 14.0 Å². The summed E-state index contributed by atoms with van der Waals surface area (Å²) in [7, 11) is -0.389. The van der Waals surface area contributed by atoms with Crippen LogP contribution in [-0.4, -0.2) is 43.0 Å². The van der Waals surface area contributed by atoms with E-state index in [1.807, 2.05) is 33.8 Å². The maximum Gasteiger partial charge on any atom is 0.494 e. The minimum absolute atomic E-state index is 0.0167. The molecule has 2 fully saturated rings. The molecule has 2 heterocycles. The number of rotatable bonds is 4. The van der Waals surface area contributed by atoms with E-state index >= 15 is 0 Å². The first-order valence-electron chi connectivity index (χ1n) is 10.9. The molecular weight excluding hydrogens is 383 g/mol. The molecule has 8 heteroatoms. The smallest absolute Gasteiger partial charge is 0.447 e. The summed E-state index contributed by atoms with van der Waals surface area (Å²) in [5.74, 6) is 0.0167. The van der Waals surface area contributed by atoms with Crippen molar-refractivity contribution < 1.29 is 23.6 Å². The molecule has 2 amide bonds. The molecule has 0 saturated carbocycles. The third-order valence-electron chi connectivity index (χ3n) is 6.80. The molecule has 0 aromatic heterocycles. The molecule has 2 saturated heterocycles. The lowest BCUT2D eigenvalue weighted by molar-refractivity contribution is -0.119. The Morgan fingerprint density at radius 1 is 1.20 bits per heavy atom. The van der Waals surface area contributed by atoms with Crippen LogP contribution in [0.3, 0.4) is 0 Å². The van der Waals surface area contributed by atoms with Gasteiger partial charge in [-0.25, -0.2) is 4.79 Å². The molecular formula is C22H31BN2O5. The van der Waals surface area contributed by atoms with Crippen LogP contribution in [-0.2, 0) is 25.3 Å². The van der Waals surface area contributed by atoms with Crippen LogP contribution in [0.2, 0.25) is 0 Å². The molecule has 7 nitrogen and oxygen atoms in total. The molecule has 162 valence electrons. The average Bonchev–Trinajstić information content (AvgIpc) is 3.19. The monoisotopic (exact) mass is 414 g/mol. The summed E-state index contributed by atoms with van der Waals surface area (Å²) in [5, 5.41) is 5.79. The first kappa shape index (κ1) is 21.2. The van der Waals surface area contributed by atoms with Gasteiger partial charge in [0, 0.05) is 6.42 Å². The Kier molecular flexibility index (Phi) is 5.57. The van der Waals surface area contributed by atoms with Crippen molar-refractivity contribution in [1.82, 2.24) is 10.6 Å². The maximum atomic E-state index is 12.3. The molecule has 0 bridgehead atoms. The minimum Gasteiger partial charge on any atom is -0.447 e. The van der Waals surface area contributed by atoms with Crippen LogP contribution in [0.4, 0.5) is 4.79 Å². The Labute approximate surface area is 178 Å². The summed E-state index contributed by atoms with van der Waals surface area (Å²) in [5.41, 5.74) is 2.59. The maximum absolute atomic E-state index is 12.3. The van der Waals surface area contributed by atoms with Crippen LogP contribution in [0, 0.1) is 0 Å². The van der Waals surface area contributed by atoms with Gasteiger partial charge in [0.25, 0.3) is 0 Å². The Balaban J connectivity index is 1.40. The van der Waals surface area contributed by atoms with E-state index in [0.717, 1.165) is 30.3 Å². The van der Waals surface area contributed by atoms with E-state index < -0.39 is 6.09 Å². The highest BCUT2D eigenvalue weighted by Gasteiger charge is 2.51. The van der Waals surface area contributed by atoms with Crippen molar-refractivity contribution in [2.75, 3.05) is 6.61 Å². The molecule has 30 heavy (non-hydrogen) atoms. The fourth-order valence-corrected chi connectivity index (χ4v) is 4.27. The van der Waals surface area contributed by atoms with E-state index in [2.05, 4.69) is 22.8 Å². The van der Waals surface area contributed by atoms with Crippen LogP contribution in [0.15, 0.2) is 18.2 Å². The van der Waals surface area contributed by atoms with Crippen molar-refractivity contribution in [2.45, 2.75) is 83.1 Å². The van der Waals surface area contributed by atoms with Gasteiger partial charge >= 0.3 is 13.2 Å². The predicted molar refractivity (Wildman–Crippen MR) is 113 cm³/mol. The second kappa shape index (κ2) is 7.89. The van der Waals surface area contributed by atoms with E-state index in [0.29, 0.717) is 12.8 Å². The molecule has 0 radical (unpaired) electrons.